The summed E-state index contributed by atoms with van der Waals surface area (Å²) >= 11 is 0. The first kappa shape index (κ1) is 10.6. The summed E-state index contributed by atoms with van der Waals surface area (Å²) in [5, 5.41) is 0. The molecule has 8 heavy (non-hydrogen) atoms. The van der Waals surface area contributed by atoms with Gasteiger partial charge in [-0.1, -0.05) is 13.0 Å². The number of ether oxygens (including phenoxy) is 1. The molecule has 0 aliphatic heterocycles. The van der Waals surface area contributed by atoms with Crippen LogP contribution < -0.4 is 6.15 Å². The molecule has 0 aliphatic rings. The van der Waals surface area contributed by atoms with Gasteiger partial charge in [0.05, 0.1) is 6.61 Å². The Balaban J connectivity index is 0. The van der Waals surface area contributed by atoms with Crippen molar-refractivity contribution in [2.45, 2.75) is 13.3 Å². The predicted octanol–water partition coefficient (Wildman–Crippen LogP) is 1.76. The Bertz CT molecular complexity index is 45.8. The lowest BCUT2D eigenvalue weighted by atomic mass is 10.5. The molecule has 0 spiro atoms. The SMILES string of the molecule is C=CCOCCC.N. The monoisotopic (exact) mass is 117 g/mol. The van der Waals surface area contributed by atoms with Crippen LogP contribution in [-0.2, 0) is 4.74 Å². The molecule has 0 unspecified atom stereocenters. The van der Waals surface area contributed by atoms with Crippen molar-refractivity contribution < 1.29 is 4.74 Å². The molecule has 3 N–H and O–H groups in total. The molecule has 0 saturated heterocycles. The topological polar surface area (TPSA) is 44.2 Å². The summed E-state index contributed by atoms with van der Waals surface area (Å²) in [7, 11) is 0. The third-order valence-corrected chi connectivity index (χ3v) is 0.584. The molecule has 0 bridgehead atoms. The van der Waals surface area contributed by atoms with E-state index < -0.39 is 0 Å². The van der Waals surface area contributed by atoms with Gasteiger partial charge in [0.1, 0.15) is 0 Å². The predicted molar refractivity (Wildman–Crippen MR) is 36.3 cm³/mol. The molecule has 0 aromatic heterocycles. The first-order chi connectivity index (χ1) is 3.41. The third kappa shape index (κ3) is 9.18. The first-order valence-corrected chi connectivity index (χ1v) is 2.60. The zero-order valence-electron chi connectivity index (χ0n) is 5.52. The van der Waals surface area contributed by atoms with Crippen LogP contribution in [0.25, 0.3) is 0 Å². The summed E-state index contributed by atoms with van der Waals surface area (Å²) in [6.07, 6.45) is 2.85. The minimum atomic E-state index is 0. The first-order valence-electron chi connectivity index (χ1n) is 2.60. The molecule has 2 nitrogen and oxygen atoms in total. The summed E-state index contributed by atoms with van der Waals surface area (Å²) in [5.74, 6) is 0. The van der Waals surface area contributed by atoms with Gasteiger partial charge in [0.25, 0.3) is 0 Å². The van der Waals surface area contributed by atoms with Crippen molar-refractivity contribution in [1.82, 2.24) is 6.15 Å². The minimum Gasteiger partial charge on any atom is -0.377 e. The van der Waals surface area contributed by atoms with E-state index >= 15 is 0 Å². The van der Waals surface area contributed by atoms with E-state index in [1.807, 2.05) is 0 Å². The summed E-state index contributed by atoms with van der Waals surface area (Å²) < 4.78 is 5.01. The van der Waals surface area contributed by atoms with Crippen LogP contribution in [0, 0.1) is 0 Å². The van der Waals surface area contributed by atoms with Crippen molar-refractivity contribution in [3.05, 3.63) is 12.7 Å². The maximum absolute atomic E-state index is 5.01. The molecule has 0 heterocycles. The van der Waals surface area contributed by atoms with Gasteiger partial charge in [-0.3, -0.25) is 0 Å². The van der Waals surface area contributed by atoms with Crippen molar-refractivity contribution in [1.29, 1.82) is 0 Å². The van der Waals surface area contributed by atoms with E-state index in [1.54, 1.807) is 6.08 Å². The zero-order valence-corrected chi connectivity index (χ0v) is 5.52. The zero-order chi connectivity index (χ0) is 5.54. The second-order valence-electron chi connectivity index (χ2n) is 1.36. The highest BCUT2D eigenvalue weighted by Crippen LogP contribution is 1.77. The Morgan fingerprint density at radius 3 is 2.62 bits per heavy atom. The summed E-state index contributed by atoms with van der Waals surface area (Å²) in [6.45, 7) is 7.14. The fourth-order valence-electron chi connectivity index (χ4n) is 0.311. The van der Waals surface area contributed by atoms with Crippen LogP contribution >= 0.6 is 0 Å². The normalized spacial score (nSPS) is 7.62. The Morgan fingerprint density at radius 2 is 2.25 bits per heavy atom. The van der Waals surface area contributed by atoms with Crippen LogP contribution in [0.4, 0.5) is 0 Å². The smallest absolute Gasteiger partial charge is 0.0644 e. The van der Waals surface area contributed by atoms with E-state index in [-0.39, 0.29) is 6.15 Å². The molecule has 0 aliphatic carbocycles. The van der Waals surface area contributed by atoms with Crippen molar-refractivity contribution >= 4 is 0 Å². The van der Waals surface area contributed by atoms with E-state index in [4.69, 9.17) is 4.74 Å². The van der Waals surface area contributed by atoms with Crippen molar-refractivity contribution in [3.63, 3.8) is 0 Å². The molecule has 0 atom stereocenters. The fourth-order valence-corrected chi connectivity index (χ4v) is 0.311. The van der Waals surface area contributed by atoms with Gasteiger partial charge < -0.3 is 10.9 Å². The third-order valence-electron chi connectivity index (χ3n) is 0.584. The molecular formula is C6H15NO. The Labute approximate surface area is 51.1 Å². The number of hydrogen-bond acceptors (Lipinski definition) is 2. The highest BCUT2D eigenvalue weighted by molar-refractivity contribution is 4.63. The molecule has 50 valence electrons. The van der Waals surface area contributed by atoms with Crippen molar-refractivity contribution in [2.24, 2.45) is 0 Å². The lowest BCUT2D eigenvalue weighted by Crippen LogP contribution is -1.90. The quantitative estimate of drug-likeness (QED) is 0.450. The molecule has 0 fully saturated rings. The van der Waals surface area contributed by atoms with Gasteiger partial charge in [-0.25, -0.2) is 0 Å². The minimum absolute atomic E-state index is 0. The molecule has 0 saturated carbocycles. The summed E-state index contributed by atoms with van der Waals surface area (Å²) in [4.78, 5) is 0. The van der Waals surface area contributed by atoms with Crippen molar-refractivity contribution in [2.75, 3.05) is 13.2 Å². The van der Waals surface area contributed by atoms with E-state index in [0.29, 0.717) is 6.61 Å². The van der Waals surface area contributed by atoms with Gasteiger partial charge in [-0.2, -0.15) is 0 Å². The van der Waals surface area contributed by atoms with Gasteiger partial charge in [-0.15, -0.1) is 6.58 Å². The molecule has 0 amide bonds. The van der Waals surface area contributed by atoms with Crippen molar-refractivity contribution in [3.8, 4) is 0 Å². The molecule has 2 heteroatoms. The Morgan fingerprint density at radius 1 is 1.62 bits per heavy atom. The van der Waals surface area contributed by atoms with Gasteiger partial charge in [0.15, 0.2) is 0 Å². The fraction of sp³-hybridized carbons (Fsp3) is 0.667. The molecule has 0 radical (unpaired) electrons. The average Bonchev–Trinajstić information content (AvgIpc) is 1.69. The standard InChI is InChI=1S/C6H12O.H3N/c1-3-5-7-6-4-2;/h3H,1,4-6H2,2H3;1H3. The number of hydrogen-bond donors (Lipinski definition) is 1. The summed E-state index contributed by atoms with van der Waals surface area (Å²) in [6, 6.07) is 0. The van der Waals surface area contributed by atoms with E-state index in [2.05, 4.69) is 13.5 Å². The highest BCUT2D eigenvalue weighted by atomic mass is 16.5. The van der Waals surface area contributed by atoms with Gasteiger partial charge in [0, 0.05) is 6.61 Å². The van der Waals surface area contributed by atoms with E-state index in [9.17, 15) is 0 Å². The van der Waals surface area contributed by atoms with Gasteiger partial charge in [0.2, 0.25) is 0 Å². The molecule has 0 aromatic carbocycles. The van der Waals surface area contributed by atoms with Gasteiger partial charge in [-0.05, 0) is 6.42 Å². The maximum atomic E-state index is 5.01. The van der Waals surface area contributed by atoms with Crippen LogP contribution in [0.3, 0.4) is 0 Å². The Hall–Kier alpha value is -0.340. The lowest BCUT2D eigenvalue weighted by Gasteiger charge is -1.92. The lowest BCUT2D eigenvalue weighted by molar-refractivity contribution is 0.163. The second-order valence-corrected chi connectivity index (χ2v) is 1.36. The van der Waals surface area contributed by atoms with Gasteiger partial charge >= 0.3 is 0 Å². The highest BCUT2D eigenvalue weighted by Gasteiger charge is 1.74. The van der Waals surface area contributed by atoms with Crippen LogP contribution in [-0.4, -0.2) is 13.2 Å². The Kier molecular flexibility index (Phi) is 13.0. The number of rotatable bonds is 4. The van der Waals surface area contributed by atoms with E-state index in [1.165, 1.54) is 0 Å². The maximum Gasteiger partial charge on any atom is 0.0644 e. The van der Waals surface area contributed by atoms with Crippen LogP contribution in [0.5, 0.6) is 0 Å². The van der Waals surface area contributed by atoms with Crippen LogP contribution in [0.1, 0.15) is 13.3 Å². The second kappa shape index (κ2) is 9.83. The average molecular weight is 117 g/mol. The van der Waals surface area contributed by atoms with E-state index in [0.717, 1.165) is 13.0 Å². The van der Waals surface area contributed by atoms with Crippen LogP contribution in [0.2, 0.25) is 0 Å². The molecule has 0 rings (SSSR count). The van der Waals surface area contributed by atoms with Crippen LogP contribution in [0.15, 0.2) is 12.7 Å². The summed E-state index contributed by atoms with van der Waals surface area (Å²) in [5.41, 5.74) is 0. The largest absolute Gasteiger partial charge is 0.377 e. The molecular weight excluding hydrogens is 102 g/mol. The molecule has 0 aromatic rings.